The van der Waals surface area contributed by atoms with Gasteiger partial charge in [0.15, 0.2) is 11.6 Å². The molecule has 1 aromatic carbocycles. The molecule has 1 fully saturated rings. The summed E-state index contributed by atoms with van der Waals surface area (Å²) in [6.45, 7) is 0. The molecule has 1 unspecified atom stereocenters. The molecule has 8 nitrogen and oxygen atoms in total. The highest BCUT2D eigenvalue weighted by Crippen LogP contribution is 2.27. The fourth-order valence-corrected chi connectivity index (χ4v) is 3.73. The second-order valence-electron chi connectivity index (χ2n) is 7.46. The number of fused-ring (bicyclic) bond motifs is 1. The number of nitrogens with two attached hydrogens (primary N) is 2. The number of rotatable bonds is 5. The minimum atomic E-state index is -0.763. The van der Waals surface area contributed by atoms with Gasteiger partial charge in [-0.25, -0.2) is 14.4 Å². The Bertz CT molecular complexity index is 1060. The Morgan fingerprint density at radius 2 is 2.03 bits per heavy atom. The maximum Gasteiger partial charge on any atom is 0.252 e. The van der Waals surface area contributed by atoms with Crippen molar-refractivity contribution in [1.82, 2.24) is 14.5 Å². The summed E-state index contributed by atoms with van der Waals surface area (Å²) in [7, 11) is 1.89. The number of benzene rings is 1. The second-order valence-corrected chi connectivity index (χ2v) is 7.46. The minimum absolute atomic E-state index is 0.0221. The predicted octanol–water partition coefficient (Wildman–Crippen LogP) is 2.63. The number of halogens is 1. The van der Waals surface area contributed by atoms with Crippen LogP contribution in [0.5, 0.6) is 0 Å². The molecule has 3 aromatic rings. The number of nitrogens with zero attached hydrogens (tertiary/aromatic N) is 3. The molecule has 9 heteroatoms. The molecule has 2 heterocycles. The number of carbonyl (C=O) groups is 1. The third-order valence-corrected chi connectivity index (χ3v) is 5.37. The van der Waals surface area contributed by atoms with Crippen molar-refractivity contribution >= 4 is 34.3 Å². The van der Waals surface area contributed by atoms with Crippen LogP contribution in [0.2, 0.25) is 0 Å². The van der Waals surface area contributed by atoms with Gasteiger partial charge in [-0.15, -0.1) is 0 Å². The average Bonchev–Trinajstić information content (AvgIpc) is 3.06. The number of amides is 1. The van der Waals surface area contributed by atoms with Crippen LogP contribution >= 0.6 is 0 Å². The molecular formula is C20H24FN7O. The Labute approximate surface area is 167 Å². The van der Waals surface area contributed by atoms with E-state index in [4.69, 9.17) is 11.5 Å². The molecule has 4 rings (SSSR count). The summed E-state index contributed by atoms with van der Waals surface area (Å²) >= 11 is 0. The molecule has 2 atom stereocenters. The Hall–Kier alpha value is -3.20. The number of imidazole rings is 1. The first kappa shape index (κ1) is 19.1. The number of nitrogens with one attached hydrogen (secondary N) is 2. The van der Waals surface area contributed by atoms with Crippen molar-refractivity contribution in [3.8, 4) is 0 Å². The molecule has 1 saturated carbocycles. The van der Waals surface area contributed by atoms with E-state index in [-0.39, 0.29) is 29.3 Å². The number of aromatic nitrogens is 3. The highest BCUT2D eigenvalue weighted by molar-refractivity contribution is 5.98. The average molecular weight is 397 g/mol. The van der Waals surface area contributed by atoms with E-state index in [1.807, 2.05) is 29.8 Å². The largest absolute Gasteiger partial charge is 0.365 e. The quantitative estimate of drug-likeness (QED) is 0.525. The van der Waals surface area contributed by atoms with E-state index in [1.165, 1.54) is 0 Å². The summed E-state index contributed by atoms with van der Waals surface area (Å²) in [6.07, 6.45) is 5.55. The van der Waals surface area contributed by atoms with E-state index in [9.17, 15) is 9.18 Å². The van der Waals surface area contributed by atoms with Gasteiger partial charge in [0.05, 0.1) is 22.9 Å². The first-order valence-corrected chi connectivity index (χ1v) is 9.63. The van der Waals surface area contributed by atoms with Crippen LogP contribution in [-0.2, 0) is 7.05 Å². The molecule has 0 aliphatic heterocycles. The molecular weight excluding hydrogens is 373 g/mol. The zero-order valence-electron chi connectivity index (χ0n) is 16.2. The number of carbonyl (C=O) groups excluding carboxylic acids is 1. The van der Waals surface area contributed by atoms with Crippen molar-refractivity contribution in [3.63, 3.8) is 0 Å². The molecule has 6 N–H and O–H groups in total. The molecule has 0 saturated heterocycles. The van der Waals surface area contributed by atoms with Crippen LogP contribution in [-0.4, -0.2) is 32.5 Å². The molecule has 152 valence electrons. The molecule has 0 bridgehead atoms. The number of primary amides is 1. The lowest BCUT2D eigenvalue weighted by molar-refractivity contribution is 0.100. The van der Waals surface area contributed by atoms with Gasteiger partial charge in [0.2, 0.25) is 0 Å². The summed E-state index contributed by atoms with van der Waals surface area (Å²) < 4.78 is 16.5. The summed E-state index contributed by atoms with van der Waals surface area (Å²) in [6, 6.07) is 6.52. The van der Waals surface area contributed by atoms with Gasteiger partial charge in [0.1, 0.15) is 5.82 Å². The summed E-state index contributed by atoms with van der Waals surface area (Å²) in [5.74, 6) is -1.15. The SMILES string of the molecule is Cn1cnc2ccc(Nc3nc(NC4CCCC[C@@H]4N)c(F)cc3C(N)=O)cc21. The topological polar surface area (TPSA) is 124 Å². The van der Waals surface area contributed by atoms with Crippen LogP contribution in [0.1, 0.15) is 36.0 Å². The van der Waals surface area contributed by atoms with E-state index in [2.05, 4.69) is 20.6 Å². The minimum Gasteiger partial charge on any atom is -0.365 e. The maximum atomic E-state index is 14.6. The fourth-order valence-electron chi connectivity index (χ4n) is 3.73. The first-order chi connectivity index (χ1) is 13.9. The highest BCUT2D eigenvalue weighted by Gasteiger charge is 2.24. The molecule has 0 radical (unpaired) electrons. The van der Waals surface area contributed by atoms with Crippen molar-refractivity contribution in [3.05, 3.63) is 42.0 Å². The van der Waals surface area contributed by atoms with Gasteiger partial charge in [-0.1, -0.05) is 12.8 Å². The zero-order chi connectivity index (χ0) is 20.5. The van der Waals surface area contributed by atoms with Gasteiger partial charge in [-0.2, -0.15) is 0 Å². The number of pyridine rings is 1. The van der Waals surface area contributed by atoms with E-state index in [0.29, 0.717) is 5.69 Å². The molecule has 0 spiro atoms. The van der Waals surface area contributed by atoms with Crippen LogP contribution < -0.4 is 22.1 Å². The third kappa shape index (κ3) is 3.86. The van der Waals surface area contributed by atoms with E-state index < -0.39 is 11.7 Å². The fraction of sp³-hybridized carbons (Fsp3) is 0.350. The first-order valence-electron chi connectivity index (χ1n) is 9.63. The van der Waals surface area contributed by atoms with Crippen molar-refractivity contribution in [2.24, 2.45) is 18.5 Å². The Morgan fingerprint density at radius 1 is 1.24 bits per heavy atom. The maximum absolute atomic E-state index is 14.6. The lowest BCUT2D eigenvalue weighted by Crippen LogP contribution is -2.43. The monoisotopic (exact) mass is 397 g/mol. The zero-order valence-corrected chi connectivity index (χ0v) is 16.2. The smallest absolute Gasteiger partial charge is 0.252 e. The van der Waals surface area contributed by atoms with Crippen molar-refractivity contribution in [1.29, 1.82) is 0 Å². The van der Waals surface area contributed by atoms with Gasteiger partial charge >= 0.3 is 0 Å². The number of hydrogen-bond acceptors (Lipinski definition) is 6. The van der Waals surface area contributed by atoms with E-state index in [0.717, 1.165) is 42.8 Å². The Balaban J connectivity index is 1.68. The van der Waals surface area contributed by atoms with Crippen LogP contribution in [0.15, 0.2) is 30.6 Å². The van der Waals surface area contributed by atoms with Crippen molar-refractivity contribution in [2.75, 3.05) is 10.6 Å². The molecule has 1 aliphatic rings. The standard InChI is InChI=1S/C20H24FN7O/c1-28-10-24-16-7-6-11(8-17(16)28)25-19-12(18(23)29)9-13(21)20(27-19)26-15-5-3-2-4-14(15)22/h6-10,14-15H,2-5,22H2,1H3,(H2,23,29)(H2,25,26,27)/t14-,15?/m0/s1. The van der Waals surface area contributed by atoms with Crippen LogP contribution in [0.4, 0.5) is 21.7 Å². The number of hydrogen-bond donors (Lipinski definition) is 4. The van der Waals surface area contributed by atoms with E-state index in [1.54, 1.807) is 6.33 Å². The molecule has 29 heavy (non-hydrogen) atoms. The van der Waals surface area contributed by atoms with Crippen LogP contribution in [0.3, 0.4) is 0 Å². The van der Waals surface area contributed by atoms with Crippen molar-refractivity contribution in [2.45, 2.75) is 37.8 Å². The van der Waals surface area contributed by atoms with Crippen LogP contribution in [0, 0.1) is 5.82 Å². The Kier molecular flexibility index (Phi) is 5.06. The number of aryl methyl sites for hydroxylation is 1. The lowest BCUT2D eigenvalue weighted by atomic mass is 9.91. The summed E-state index contributed by atoms with van der Waals surface area (Å²) in [5.41, 5.74) is 14.0. The third-order valence-electron chi connectivity index (χ3n) is 5.37. The highest BCUT2D eigenvalue weighted by atomic mass is 19.1. The van der Waals surface area contributed by atoms with Gasteiger partial charge in [0, 0.05) is 24.8 Å². The number of anilines is 3. The summed E-state index contributed by atoms with van der Waals surface area (Å²) in [4.78, 5) is 20.5. The summed E-state index contributed by atoms with van der Waals surface area (Å²) in [5, 5.41) is 6.20. The Morgan fingerprint density at radius 3 is 2.79 bits per heavy atom. The van der Waals surface area contributed by atoms with Gasteiger partial charge in [-0.3, -0.25) is 4.79 Å². The molecule has 1 amide bonds. The lowest BCUT2D eigenvalue weighted by Gasteiger charge is -2.30. The van der Waals surface area contributed by atoms with Gasteiger partial charge < -0.3 is 26.7 Å². The van der Waals surface area contributed by atoms with Gasteiger partial charge in [-0.05, 0) is 37.1 Å². The molecule has 2 aromatic heterocycles. The van der Waals surface area contributed by atoms with Crippen LogP contribution in [0.25, 0.3) is 11.0 Å². The van der Waals surface area contributed by atoms with Gasteiger partial charge in [0.25, 0.3) is 5.91 Å². The predicted molar refractivity (Wildman–Crippen MR) is 111 cm³/mol. The van der Waals surface area contributed by atoms with Crippen molar-refractivity contribution < 1.29 is 9.18 Å². The normalized spacial score (nSPS) is 19.3. The second kappa shape index (κ2) is 7.67. The van der Waals surface area contributed by atoms with E-state index >= 15 is 0 Å². The molecule has 1 aliphatic carbocycles.